The molecule has 1 unspecified atom stereocenters. The van der Waals surface area contributed by atoms with Crippen LogP contribution in [0.25, 0.3) is 0 Å². The lowest BCUT2D eigenvalue weighted by molar-refractivity contribution is -0.147. The van der Waals surface area contributed by atoms with Crippen LogP contribution in [-0.4, -0.2) is 55.3 Å². The zero-order valence-electron chi connectivity index (χ0n) is 13.6. The molecule has 1 rings (SSSR count). The molecule has 6 nitrogen and oxygen atoms in total. The lowest BCUT2D eigenvalue weighted by atomic mass is 10.2. The van der Waals surface area contributed by atoms with Crippen molar-refractivity contribution in [1.82, 2.24) is 9.47 Å². The summed E-state index contributed by atoms with van der Waals surface area (Å²) in [6.45, 7) is 8.88. The van der Waals surface area contributed by atoms with Crippen LogP contribution in [-0.2, 0) is 14.3 Å². The van der Waals surface area contributed by atoms with Crippen LogP contribution in [0.4, 0.5) is 4.79 Å². The van der Waals surface area contributed by atoms with Crippen molar-refractivity contribution >= 4 is 26.1 Å². The van der Waals surface area contributed by atoms with Crippen molar-refractivity contribution in [1.29, 1.82) is 0 Å². The molecule has 0 aromatic rings. The Morgan fingerprint density at radius 1 is 1.38 bits per heavy atom. The van der Waals surface area contributed by atoms with Gasteiger partial charge in [-0.3, -0.25) is 9.69 Å². The van der Waals surface area contributed by atoms with Gasteiger partial charge in [0.2, 0.25) is 5.91 Å². The number of carbonyl (C=O) groups is 3. The summed E-state index contributed by atoms with van der Waals surface area (Å²) in [4.78, 5) is 37.7. The van der Waals surface area contributed by atoms with E-state index in [1.165, 1.54) is 7.11 Å². The highest BCUT2D eigenvalue weighted by Crippen LogP contribution is 2.24. The Morgan fingerprint density at radius 2 is 2.00 bits per heavy atom. The van der Waals surface area contributed by atoms with Crippen molar-refractivity contribution < 1.29 is 19.1 Å². The maximum atomic E-state index is 12.8. The molecule has 1 saturated heterocycles. The molecule has 0 saturated carbocycles. The first-order valence-electron chi connectivity index (χ1n) is 7.45. The monoisotopic (exact) mass is 314 g/mol. The summed E-state index contributed by atoms with van der Waals surface area (Å²) in [6.07, 6.45) is 2.44. The highest BCUT2D eigenvalue weighted by molar-refractivity contribution is 6.75. The van der Waals surface area contributed by atoms with Gasteiger partial charge in [-0.15, -0.1) is 0 Å². The van der Waals surface area contributed by atoms with Gasteiger partial charge in [-0.1, -0.05) is 33.0 Å². The summed E-state index contributed by atoms with van der Waals surface area (Å²) in [5, 5.41) is 0. The first-order valence-corrected chi connectivity index (χ1v) is 10.9. The van der Waals surface area contributed by atoms with Crippen LogP contribution in [0.3, 0.4) is 0 Å². The molecule has 0 spiro atoms. The summed E-state index contributed by atoms with van der Waals surface area (Å²) in [5.41, 5.74) is 0. The van der Waals surface area contributed by atoms with E-state index in [9.17, 15) is 14.4 Å². The molecule has 1 fully saturated rings. The van der Waals surface area contributed by atoms with Gasteiger partial charge in [0.15, 0.2) is 8.24 Å². The third-order valence-corrected chi connectivity index (χ3v) is 5.70. The van der Waals surface area contributed by atoms with Crippen molar-refractivity contribution in [3.8, 4) is 0 Å². The number of carbonyl (C=O) groups excluding carboxylic acids is 3. The van der Waals surface area contributed by atoms with Crippen LogP contribution in [0.1, 0.15) is 32.6 Å². The van der Waals surface area contributed by atoms with Gasteiger partial charge in [-0.2, -0.15) is 0 Å². The molecule has 1 aliphatic heterocycles. The van der Waals surface area contributed by atoms with Crippen molar-refractivity contribution in [2.75, 3.05) is 13.7 Å². The summed E-state index contributed by atoms with van der Waals surface area (Å²) in [6, 6.07) is -1.10. The SMILES string of the molecule is CCCCN(C(=O)N1C(=O)CCC1C(=O)OC)[Si](C)(C)C. The number of hydrogen-bond acceptors (Lipinski definition) is 4. The molecule has 0 radical (unpaired) electrons. The van der Waals surface area contributed by atoms with Crippen LogP contribution in [0, 0.1) is 0 Å². The number of rotatable bonds is 5. The predicted molar refractivity (Wildman–Crippen MR) is 82.2 cm³/mol. The molecule has 0 N–H and O–H groups in total. The molecule has 1 aliphatic rings. The predicted octanol–water partition coefficient (Wildman–Crippen LogP) is 2.21. The fourth-order valence-corrected chi connectivity index (χ4v) is 3.96. The molecule has 0 bridgehead atoms. The average molecular weight is 314 g/mol. The van der Waals surface area contributed by atoms with Crippen molar-refractivity contribution in [2.45, 2.75) is 58.3 Å². The highest BCUT2D eigenvalue weighted by atomic mass is 28.3. The number of urea groups is 1. The quantitative estimate of drug-likeness (QED) is 0.576. The second-order valence-corrected chi connectivity index (χ2v) is 11.2. The number of unbranched alkanes of at least 4 members (excludes halogenated alkanes) is 1. The van der Waals surface area contributed by atoms with E-state index in [1.54, 1.807) is 4.57 Å². The number of hydrogen-bond donors (Lipinski definition) is 0. The zero-order valence-corrected chi connectivity index (χ0v) is 14.6. The number of ether oxygens (including phenoxy) is 1. The molecule has 7 heteroatoms. The summed E-state index contributed by atoms with van der Waals surface area (Å²) in [5.74, 6) is -0.796. The van der Waals surface area contributed by atoms with Crippen LogP contribution in [0.15, 0.2) is 0 Å². The maximum Gasteiger partial charge on any atom is 0.329 e. The third kappa shape index (κ3) is 4.06. The Kier molecular flexibility index (Phi) is 5.95. The summed E-state index contributed by atoms with van der Waals surface area (Å²) in [7, 11) is -0.642. The van der Waals surface area contributed by atoms with Gasteiger partial charge in [0.25, 0.3) is 0 Å². The Hall–Kier alpha value is -1.37. The molecule has 0 aliphatic carbocycles. The van der Waals surface area contributed by atoms with E-state index in [2.05, 4.69) is 26.6 Å². The third-order valence-electron chi connectivity index (χ3n) is 3.67. The van der Waals surface area contributed by atoms with Gasteiger partial charge < -0.3 is 9.30 Å². The topological polar surface area (TPSA) is 66.9 Å². The fourth-order valence-electron chi connectivity index (χ4n) is 2.45. The van der Waals surface area contributed by atoms with E-state index >= 15 is 0 Å². The maximum absolute atomic E-state index is 12.8. The average Bonchev–Trinajstić information content (AvgIpc) is 2.78. The lowest BCUT2D eigenvalue weighted by Gasteiger charge is -2.37. The van der Waals surface area contributed by atoms with E-state index in [0.29, 0.717) is 13.0 Å². The summed E-state index contributed by atoms with van der Waals surface area (Å²) >= 11 is 0. The zero-order chi connectivity index (χ0) is 16.2. The number of likely N-dealkylation sites (tertiary alicyclic amines) is 1. The minimum atomic E-state index is -1.92. The standard InChI is InChI=1S/C14H26N2O4Si/c1-6-7-10-15(21(3,4)5)14(19)16-11(13(18)20-2)8-9-12(16)17/h11H,6-10H2,1-5H3. The summed E-state index contributed by atoms with van der Waals surface area (Å²) < 4.78 is 6.52. The fraction of sp³-hybridized carbons (Fsp3) is 0.786. The van der Waals surface area contributed by atoms with Crippen molar-refractivity contribution in [3.05, 3.63) is 0 Å². The van der Waals surface area contributed by atoms with Gasteiger partial charge in [0.1, 0.15) is 6.04 Å². The molecule has 0 aromatic carbocycles. The lowest BCUT2D eigenvalue weighted by Crippen LogP contribution is -2.58. The molecule has 120 valence electrons. The molecule has 1 atom stereocenters. The van der Waals surface area contributed by atoms with Crippen LogP contribution >= 0.6 is 0 Å². The second kappa shape index (κ2) is 7.06. The van der Waals surface area contributed by atoms with E-state index in [4.69, 9.17) is 4.74 Å². The molecule has 21 heavy (non-hydrogen) atoms. The van der Waals surface area contributed by atoms with Crippen LogP contribution in [0.2, 0.25) is 19.6 Å². The molecule has 1 heterocycles. The van der Waals surface area contributed by atoms with E-state index in [0.717, 1.165) is 17.7 Å². The smallest absolute Gasteiger partial charge is 0.329 e. The first kappa shape index (κ1) is 17.7. The second-order valence-electron chi connectivity index (χ2n) is 6.30. The van der Waals surface area contributed by atoms with E-state index in [1.807, 2.05) is 0 Å². The van der Waals surface area contributed by atoms with Gasteiger partial charge in [-0.05, 0) is 12.8 Å². The largest absolute Gasteiger partial charge is 0.467 e. The molecule has 0 aromatic heterocycles. The van der Waals surface area contributed by atoms with Gasteiger partial charge in [-0.25, -0.2) is 9.59 Å². The van der Waals surface area contributed by atoms with Crippen LogP contribution in [0.5, 0.6) is 0 Å². The number of amides is 3. The molecular formula is C14H26N2O4Si. The van der Waals surface area contributed by atoms with Gasteiger partial charge in [0.05, 0.1) is 7.11 Å². The number of imide groups is 1. The van der Waals surface area contributed by atoms with Crippen LogP contribution < -0.4 is 0 Å². The minimum absolute atomic E-state index is 0.221. The number of methoxy groups -OCH3 is 1. The molecular weight excluding hydrogens is 288 g/mol. The van der Waals surface area contributed by atoms with Gasteiger partial charge in [0, 0.05) is 13.0 Å². The Labute approximate surface area is 127 Å². The van der Waals surface area contributed by atoms with Gasteiger partial charge >= 0.3 is 12.0 Å². The number of esters is 1. The highest BCUT2D eigenvalue weighted by Gasteiger charge is 2.44. The minimum Gasteiger partial charge on any atom is -0.467 e. The van der Waals surface area contributed by atoms with E-state index in [-0.39, 0.29) is 18.4 Å². The van der Waals surface area contributed by atoms with E-state index < -0.39 is 20.2 Å². The normalized spacial score (nSPS) is 18.8. The number of nitrogens with zero attached hydrogens (tertiary/aromatic N) is 2. The first-order chi connectivity index (χ1) is 9.73. The Bertz CT molecular complexity index is 420. The Morgan fingerprint density at radius 3 is 2.48 bits per heavy atom. The van der Waals surface area contributed by atoms with Crippen molar-refractivity contribution in [3.63, 3.8) is 0 Å². The molecule has 3 amide bonds. The van der Waals surface area contributed by atoms with Crippen molar-refractivity contribution in [2.24, 2.45) is 0 Å². The Balaban J connectivity index is 3.00.